The molecule has 0 saturated carbocycles. The number of Topliss-reactive ketones (excluding diaryl/α,β-unsaturated/α-hetero) is 1. The molecular weight excluding hydrogens is 446 g/mol. The van der Waals surface area contributed by atoms with Gasteiger partial charge in [-0.1, -0.05) is 54.9 Å². The number of amides is 1. The third-order valence-corrected chi connectivity index (χ3v) is 6.43. The molecule has 0 fully saturated rings. The van der Waals surface area contributed by atoms with Crippen LogP contribution in [0.2, 0.25) is 5.02 Å². The minimum atomic E-state index is -0.496. The topological polar surface area (TPSA) is 84.6 Å². The fraction of sp³-hybridized carbons (Fsp3) is 0.250. The maximum absolute atomic E-state index is 13.3. The van der Waals surface area contributed by atoms with Crippen LogP contribution in [0.4, 0.5) is 5.69 Å². The van der Waals surface area contributed by atoms with Gasteiger partial charge in [-0.05, 0) is 59.9 Å². The number of aryl methyl sites for hydroxylation is 2. The summed E-state index contributed by atoms with van der Waals surface area (Å²) >= 11 is 6.33. The molecule has 0 aliphatic carbocycles. The van der Waals surface area contributed by atoms with E-state index in [1.807, 2.05) is 42.5 Å². The Morgan fingerprint density at radius 2 is 1.88 bits per heavy atom. The quantitative estimate of drug-likeness (QED) is 0.545. The lowest BCUT2D eigenvalue weighted by Gasteiger charge is -2.14. The van der Waals surface area contributed by atoms with E-state index >= 15 is 0 Å². The van der Waals surface area contributed by atoms with Crippen molar-refractivity contribution < 1.29 is 9.59 Å². The zero-order chi connectivity index (χ0) is 24.2. The summed E-state index contributed by atoms with van der Waals surface area (Å²) in [5.41, 5.74) is 13.0. The summed E-state index contributed by atoms with van der Waals surface area (Å²) in [5, 5.41) is 3.34. The molecule has 174 valence electrons. The Bertz CT molecular complexity index is 1270. The molecule has 6 heteroatoms. The highest BCUT2D eigenvalue weighted by atomic mass is 35.5. The maximum Gasteiger partial charge on any atom is 0.238 e. The van der Waals surface area contributed by atoms with E-state index in [-0.39, 0.29) is 18.2 Å². The summed E-state index contributed by atoms with van der Waals surface area (Å²) in [6, 6.07) is 18.9. The van der Waals surface area contributed by atoms with E-state index in [1.165, 1.54) is 11.1 Å². The van der Waals surface area contributed by atoms with Crippen LogP contribution in [0, 0.1) is 6.92 Å². The molecule has 34 heavy (non-hydrogen) atoms. The van der Waals surface area contributed by atoms with Crippen molar-refractivity contribution in [2.45, 2.75) is 39.2 Å². The Labute approximate surface area is 205 Å². The number of carbonyl (C=O) groups is 2. The molecule has 0 saturated heterocycles. The minimum absolute atomic E-state index is 0.0805. The van der Waals surface area contributed by atoms with Crippen LogP contribution in [0.25, 0.3) is 0 Å². The van der Waals surface area contributed by atoms with Crippen molar-refractivity contribution in [3.8, 4) is 0 Å². The Morgan fingerprint density at radius 3 is 2.56 bits per heavy atom. The zero-order valence-corrected chi connectivity index (χ0v) is 20.2. The van der Waals surface area contributed by atoms with Gasteiger partial charge < -0.3 is 11.1 Å². The molecule has 4 rings (SSSR count). The third kappa shape index (κ3) is 5.27. The highest BCUT2D eigenvalue weighted by molar-refractivity contribution is 6.31. The number of hydrogen-bond donors (Lipinski definition) is 2. The number of ketones is 1. The van der Waals surface area contributed by atoms with Gasteiger partial charge in [-0.3, -0.25) is 14.6 Å². The third-order valence-electron chi connectivity index (χ3n) is 6.19. The summed E-state index contributed by atoms with van der Waals surface area (Å²) in [4.78, 5) is 29.9. The van der Waals surface area contributed by atoms with Gasteiger partial charge in [-0.2, -0.15) is 0 Å². The lowest BCUT2D eigenvalue weighted by atomic mass is 9.94. The summed E-state index contributed by atoms with van der Waals surface area (Å²) in [7, 11) is 0. The summed E-state index contributed by atoms with van der Waals surface area (Å²) in [6.07, 6.45) is 1.83. The number of halogens is 1. The number of aliphatic imine (C=N–C) groups is 1. The van der Waals surface area contributed by atoms with Gasteiger partial charge in [0.25, 0.3) is 0 Å². The monoisotopic (exact) mass is 473 g/mol. The largest absolute Gasteiger partial charge is 0.325 e. The molecule has 1 atom stereocenters. The van der Waals surface area contributed by atoms with E-state index in [9.17, 15) is 9.59 Å². The zero-order valence-electron chi connectivity index (χ0n) is 19.4. The number of fused-ring (bicyclic) bond motifs is 1. The number of benzene rings is 3. The summed E-state index contributed by atoms with van der Waals surface area (Å²) in [6.45, 7) is 4.17. The number of nitrogens with one attached hydrogen (secondary N) is 1. The van der Waals surface area contributed by atoms with E-state index in [2.05, 4.69) is 37.4 Å². The van der Waals surface area contributed by atoms with Crippen molar-refractivity contribution in [2.24, 2.45) is 10.7 Å². The second kappa shape index (κ2) is 10.3. The molecule has 0 bridgehead atoms. The molecule has 1 heterocycles. The van der Waals surface area contributed by atoms with Crippen LogP contribution < -0.4 is 11.1 Å². The predicted octanol–water partition coefficient (Wildman–Crippen LogP) is 4.68. The van der Waals surface area contributed by atoms with Crippen molar-refractivity contribution in [1.82, 2.24) is 0 Å². The number of rotatable bonds is 6. The maximum atomic E-state index is 13.3. The Hall–Kier alpha value is -3.28. The smallest absolute Gasteiger partial charge is 0.238 e. The number of carbonyl (C=O) groups excluding carboxylic acids is 2. The second-order valence-electron chi connectivity index (χ2n) is 8.59. The molecule has 0 radical (unpaired) electrons. The van der Waals surface area contributed by atoms with Crippen LogP contribution in [-0.4, -0.2) is 30.0 Å². The Kier molecular flexibility index (Phi) is 7.25. The van der Waals surface area contributed by atoms with Crippen LogP contribution in [0.3, 0.4) is 0 Å². The molecule has 3 aromatic carbocycles. The molecule has 1 aliphatic heterocycles. The van der Waals surface area contributed by atoms with Gasteiger partial charge in [-0.25, -0.2) is 0 Å². The van der Waals surface area contributed by atoms with Gasteiger partial charge in [0.1, 0.15) is 6.04 Å². The van der Waals surface area contributed by atoms with Gasteiger partial charge in [0.2, 0.25) is 5.91 Å². The SMILES string of the molecule is CCc1ccc(CC2N=C(c3ccc(NC(=O)CN)cc3)c3cc(Cl)ccc3CC2=O)cc1C. The molecule has 0 aromatic heterocycles. The average molecular weight is 474 g/mol. The molecule has 1 aliphatic rings. The van der Waals surface area contributed by atoms with E-state index in [1.54, 1.807) is 0 Å². The fourth-order valence-corrected chi connectivity index (χ4v) is 4.52. The van der Waals surface area contributed by atoms with Gasteiger partial charge in [0.05, 0.1) is 12.3 Å². The summed E-state index contributed by atoms with van der Waals surface area (Å²) in [5.74, 6) is -0.172. The van der Waals surface area contributed by atoms with Gasteiger partial charge in [0.15, 0.2) is 5.78 Å². The molecule has 1 unspecified atom stereocenters. The van der Waals surface area contributed by atoms with Crippen molar-refractivity contribution >= 4 is 34.7 Å². The first-order valence-corrected chi connectivity index (χ1v) is 11.8. The number of nitrogens with zero attached hydrogens (tertiary/aromatic N) is 1. The highest BCUT2D eigenvalue weighted by Crippen LogP contribution is 2.27. The number of anilines is 1. The van der Waals surface area contributed by atoms with Gasteiger partial charge in [0, 0.05) is 34.7 Å². The predicted molar refractivity (Wildman–Crippen MR) is 138 cm³/mol. The van der Waals surface area contributed by atoms with E-state index in [0.717, 1.165) is 34.4 Å². The lowest BCUT2D eigenvalue weighted by molar-refractivity contribution is -0.119. The van der Waals surface area contributed by atoms with E-state index in [4.69, 9.17) is 22.3 Å². The molecule has 3 N–H and O–H groups in total. The molecular formula is C28H28ClN3O2. The molecule has 5 nitrogen and oxygen atoms in total. The molecule has 1 amide bonds. The van der Waals surface area contributed by atoms with Crippen LogP contribution in [0.1, 0.15) is 40.3 Å². The fourth-order valence-electron chi connectivity index (χ4n) is 4.34. The molecule has 3 aromatic rings. The Morgan fingerprint density at radius 1 is 1.12 bits per heavy atom. The minimum Gasteiger partial charge on any atom is -0.325 e. The normalized spacial score (nSPS) is 15.4. The van der Waals surface area contributed by atoms with Gasteiger partial charge in [-0.15, -0.1) is 0 Å². The van der Waals surface area contributed by atoms with Crippen molar-refractivity contribution in [1.29, 1.82) is 0 Å². The van der Waals surface area contributed by atoms with E-state index < -0.39 is 6.04 Å². The van der Waals surface area contributed by atoms with Crippen LogP contribution >= 0.6 is 11.6 Å². The highest BCUT2D eigenvalue weighted by Gasteiger charge is 2.26. The average Bonchev–Trinajstić information content (AvgIpc) is 2.96. The number of hydrogen-bond acceptors (Lipinski definition) is 4. The second-order valence-corrected chi connectivity index (χ2v) is 9.02. The van der Waals surface area contributed by atoms with E-state index in [0.29, 0.717) is 23.6 Å². The molecule has 0 spiro atoms. The first kappa shape index (κ1) is 23.9. The van der Waals surface area contributed by atoms with Gasteiger partial charge >= 0.3 is 0 Å². The number of nitrogens with two attached hydrogens (primary N) is 1. The lowest BCUT2D eigenvalue weighted by Crippen LogP contribution is -2.23. The Balaban J connectivity index is 1.74. The van der Waals surface area contributed by atoms with Crippen LogP contribution in [0.15, 0.2) is 65.7 Å². The van der Waals surface area contributed by atoms with Crippen molar-refractivity contribution in [3.63, 3.8) is 0 Å². The van der Waals surface area contributed by atoms with Crippen molar-refractivity contribution in [2.75, 3.05) is 11.9 Å². The van der Waals surface area contributed by atoms with Crippen LogP contribution in [-0.2, 0) is 28.9 Å². The van der Waals surface area contributed by atoms with Crippen LogP contribution in [0.5, 0.6) is 0 Å². The first-order valence-electron chi connectivity index (χ1n) is 11.5. The first-order chi connectivity index (χ1) is 16.4. The van der Waals surface area contributed by atoms with Crippen molar-refractivity contribution in [3.05, 3.63) is 99.1 Å². The standard InChI is InChI=1S/C28H28ClN3O2/c1-3-19-5-4-18(12-17(19)2)13-25-26(33)14-21-6-9-22(29)15-24(21)28(32-25)20-7-10-23(11-8-20)31-27(34)16-30/h4-12,15,25H,3,13-14,16,30H2,1-2H3,(H,31,34). The summed E-state index contributed by atoms with van der Waals surface area (Å²) < 4.78 is 0.